The van der Waals surface area contributed by atoms with Crippen LogP contribution in [0.5, 0.6) is 5.75 Å². The molecule has 0 saturated carbocycles. The van der Waals surface area contributed by atoms with Gasteiger partial charge in [-0.1, -0.05) is 17.7 Å². The van der Waals surface area contributed by atoms with Crippen LogP contribution in [0.25, 0.3) is 0 Å². The summed E-state index contributed by atoms with van der Waals surface area (Å²) >= 11 is 0. The third-order valence-corrected chi connectivity index (χ3v) is 1.87. The quantitative estimate of drug-likeness (QED) is 0.820. The highest BCUT2D eigenvalue weighted by Crippen LogP contribution is 2.12. The van der Waals surface area contributed by atoms with Crippen LogP contribution in [0, 0.1) is 6.92 Å². The predicted molar refractivity (Wildman–Crippen MR) is 52.6 cm³/mol. The van der Waals surface area contributed by atoms with Gasteiger partial charge < -0.3 is 9.15 Å². The molecule has 0 saturated heterocycles. The number of aromatic amines is 1. The van der Waals surface area contributed by atoms with Gasteiger partial charge in [0.25, 0.3) is 5.89 Å². The average molecular weight is 206 g/mol. The molecule has 5 heteroatoms. The second kappa shape index (κ2) is 4.00. The van der Waals surface area contributed by atoms with E-state index in [4.69, 9.17) is 4.74 Å². The highest BCUT2D eigenvalue weighted by atomic mass is 16.5. The van der Waals surface area contributed by atoms with Crippen molar-refractivity contribution in [2.75, 3.05) is 0 Å². The lowest BCUT2D eigenvalue weighted by atomic mass is 10.2. The van der Waals surface area contributed by atoms with Gasteiger partial charge in [-0.3, -0.25) is 0 Å². The third-order valence-electron chi connectivity index (χ3n) is 1.87. The summed E-state index contributed by atoms with van der Waals surface area (Å²) in [6.07, 6.45) is 0. The zero-order valence-corrected chi connectivity index (χ0v) is 8.19. The number of H-pyrrole nitrogens is 1. The maximum absolute atomic E-state index is 10.6. The first-order valence-electron chi connectivity index (χ1n) is 4.48. The minimum Gasteiger partial charge on any atom is -0.484 e. The predicted octanol–water partition coefficient (Wildman–Crippen LogP) is 1.25. The number of rotatable bonds is 3. The van der Waals surface area contributed by atoms with Crippen molar-refractivity contribution in [2.24, 2.45) is 0 Å². The SMILES string of the molecule is Cc1ccc(OCc2n[nH]c(=O)o2)cc1. The van der Waals surface area contributed by atoms with E-state index in [2.05, 4.69) is 14.6 Å². The molecule has 0 unspecified atom stereocenters. The van der Waals surface area contributed by atoms with Crippen LogP contribution >= 0.6 is 0 Å². The van der Waals surface area contributed by atoms with Crippen LogP contribution in [-0.2, 0) is 6.61 Å². The van der Waals surface area contributed by atoms with Gasteiger partial charge in [0.15, 0.2) is 6.61 Å². The fraction of sp³-hybridized carbons (Fsp3) is 0.200. The molecule has 1 aromatic carbocycles. The normalized spacial score (nSPS) is 10.2. The number of aryl methyl sites for hydroxylation is 1. The second-order valence-corrected chi connectivity index (χ2v) is 3.11. The smallest absolute Gasteiger partial charge is 0.434 e. The molecule has 0 radical (unpaired) electrons. The fourth-order valence-corrected chi connectivity index (χ4v) is 1.10. The molecule has 78 valence electrons. The molecule has 0 amide bonds. The van der Waals surface area contributed by atoms with E-state index < -0.39 is 5.76 Å². The topological polar surface area (TPSA) is 68.1 Å². The molecule has 1 heterocycles. The van der Waals surface area contributed by atoms with Crippen LogP contribution in [0.1, 0.15) is 11.5 Å². The van der Waals surface area contributed by atoms with E-state index in [9.17, 15) is 4.79 Å². The highest BCUT2D eigenvalue weighted by Gasteiger charge is 2.01. The number of nitrogens with one attached hydrogen (secondary N) is 1. The molecule has 1 aromatic heterocycles. The molecular weight excluding hydrogens is 196 g/mol. The van der Waals surface area contributed by atoms with Crippen molar-refractivity contribution in [3.63, 3.8) is 0 Å². The summed E-state index contributed by atoms with van der Waals surface area (Å²) in [4.78, 5) is 10.6. The monoisotopic (exact) mass is 206 g/mol. The van der Waals surface area contributed by atoms with E-state index in [1.165, 1.54) is 0 Å². The molecule has 0 aliphatic rings. The van der Waals surface area contributed by atoms with Crippen LogP contribution in [0.3, 0.4) is 0 Å². The summed E-state index contributed by atoms with van der Waals surface area (Å²) in [7, 11) is 0. The Bertz CT molecular complexity index is 484. The number of hydrogen-bond acceptors (Lipinski definition) is 4. The summed E-state index contributed by atoms with van der Waals surface area (Å²) in [6, 6.07) is 7.58. The standard InChI is InChI=1S/C10H10N2O3/c1-7-2-4-8(5-3-7)14-6-9-11-12-10(13)15-9/h2-5H,6H2,1H3,(H,12,13). The molecule has 1 N–H and O–H groups in total. The maximum Gasteiger partial charge on any atom is 0.434 e. The third kappa shape index (κ3) is 2.46. The number of aromatic nitrogens is 2. The molecule has 15 heavy (non-hydrogen) atoms. The van der Waals surface area contributed by atoms with Crippen LogP contribution in [-0.4, -0.2) is 10.2 Å². The fourth-order valence-electron chi connectivity index (χ4n) is 1.10. The first-order valence-corrected chi connectivity index (χ1v) is 4.48. The maximum atomic E-state index is 10.6. The lowest BCUT2D eigenvalue weighted by Gasteiger charge is -2.02. The van der Waals surface area contributed by atoms with Crippen molar-refractivity contribution in [2.45, 2.75) is 13.5 Å². The Balaban J connectivity index is 1.99. The Hall–Kier alpha value is -2.04. The lowest BCUT2D eigenvalue weighted by Crippen LogP contribution is -1.96. The number of hydrogen-bond donors (Lipinski definition) is 1. The molecule has 0 atom stereocenters. The molecular formula is C10H10N2O3. The minimum atomic E-state index is -0.572. The molecule has 0 bridgehead atoms. The summed E-state index contributed by atoms with van der Waals surface area (Å²) in [5.41, 5.74) is 1.16. The largest absolute Gasteiger partial charge is 0.484 e. The van der Waals surface area contributed by atoms with E-state index in [-0.39, 0.29) is 12.5 Å². The summed E-state index contributed by atoms with van der Waals surface area (Å²) < 4.78 is 10.0. The van der Waals surface area contributed by atoms with E-state index in [1.54, 1.807) is 0 Å². The van der Waals surface area contributed by atoms with Crippen LogP contribution < -0.4 is 10.5 Å². The van der Waals surface area contributed by atoms with Crippen LogP contribution in [0.4, 0.5) is 0 Å². The van der Waals surface area contributed by atoms with Crippen molar-refractivity contribution in [3.05, 3.63) is 46.3 Å². The molecule has 0 aliphatic heterocycles. The van der Waals surface area contributed by atoms with Gasteiger partial charge in [-0.2, -0.15) is 0 Å². The summed E-state index contributed by atoms with van der Waals surface area (Å²) in [5.74, 6) is 0.379. The van der Waals surface area contributed by atoms with Gasteiger partial charge in [0, 0.05) is 0 Å². The molecule has 0 fully saturated rings. The molecule has 0 spiro atoms. The van der Waals surface area contributed by atoms with Crippen molar-refractivity contribution in [3.8, 4) is 5.75 Å². The van der Waals surface area contributed by atoms with E-state index in [0.29, 0.717) is 5.75 Å². The Kier molecular flexibility index (Phi) is 2.53. The van der Waals surface area contributed by atoms with Crippen molar-refractivity contribution < 1.29 is 9.15 Å². The van der Waals surface area contributed by atoms with Crippen molar-refractivity contribution in [1.29, 1.82) is 0 Å². The van der Waals surface area contributed by atoms with E-state index >= 15 is 0 Å². The summed E-state index contributed by atoms with van der Waals surface area (Å²) in [5, 5.41) is 5.78. The first-order chi connectivity index (χ1) is 7.24. The number of ether oxygens (including phenoxy) is 1. The lowest BCUT2D eigenvalue weighted by molar-refractivity contribution is 0.259. The van der Waals surface area contributed by atoms with Crippen molar-refractivity contribution >= 4 is 0 Å². The highest BCUT2D eigenvalue weighted by molar-refractivity contribution is 5.26. The zero-order chi connectivity index (χ0) is 10.7. The molecule has 0 aliphatic carbocycles. The Morgan fingerprint density at radius 3 is 2.73 bits per heavy atom. The van der Waals surface area contributed by atoms with E-state index in [0.717, 1.165) is 5.56 Å². The van der Waals surface area contributed by atoms with Gasteiger partial charge in [0.2, 0.25) is 0 Å². The zero-order valence-electron chi connectivity index (χ0n) is 8.19. The van der Waals surface area contributed by atoms with Gasteiger partial charge in [-0.15, -0.1) is 5.10 Å². The second-order valence-electron chi connectivity index (χ2n) is 3.11. The summed E-state index contributed by atoms with van der Waals surface area (Å²) in [6.45, 7) is 2.14. The Morgan fingerprint density at radius 1 is 1.40 bits per heavy atom. The van der Waals surface area contributed by atoms with Crippen LogP contribution in [0.15, 0.2) is 33.5 Å². The van der Waals surface area contributed by atoms with Gasteiger partial charge in [-0.05, 0) is 19.1 Å². The number of nitrogens with zero attached hydrogens (tertiary/aromatic N) is 1. The van der Waals surface area contributed by atoms with Gasteiger partial charge >= 0.3 is 5.76 Å². The van der Waals surface area contributed by atoms with Crippen molar-refractivity contribution in [1.82, 2.24) is 10.2 Å². The van der Waals surface area contributed by atoms with Crippen LogP contribution in [0.2, 0.25) is 0 Å². The molecule has 2 rings (SSSR count). The molecule has 5 nitrogen and oxygen atoms in total. The average Bonchev–Trinajstić information content (AvgIpc) is 2.64. The first kappa shape index (κ1) is 9.51. The molecule has 2 aromatic rings. The van der Waals surface area contributed by atoms with Gasteiger partial charge in [-0.25, -0.2) is 9.89 Å². The Labute approximate surface area is 85.7 Å². The Morgan fingerprint density at radius 2 is 2.13 bits per heavy atom. The number of benzene rings is 1. The minimum absolute atomic E-state index is 0.141. The van der Waals surface area contributed by atoms with E-state index in [1.807, 2.05) is 31.2 Å². The van der Waals surface area contributed by atoms with Gasteiger partial charge in [0.1, 0.15) is 5.75 Å². The van der Waals surface area contributed by atoms with Gasteiger partial charge in [0.05, 0.1) is 0 Å².